The highest BCUT2D eigenvalue weighted by Crippen LogP contribution is 2.31. The molecule has 1 amide bonds. The molecule has 0 radical (unpaired) electrons. The SMILES string of the molecule is COc1cc(CC(N)=O)cc(Oc2ccnc3ccccc23)c1. The molecule has 0 saturated heterocycles. The number of ether oxygens (including phenoxy) is 2. The topological polar surface area (TPSA) is 74.4 Å². The maximum atomic E-state index is 11.1. The third-order valence-corrected chi connectivity index (χ3v) is 3.39. The highest BCUT2D eigenvalue weighted by Gasteiger charge is 2.08. The minimum absolute atomic E-state index is 0.130. The minimum atomic E-state index is -0.404. The summed E-state index contributed by atoms with van der Waals surface area (Å²) >= 11 is 0. The number of pyridine rings is 1. The van der Waals surface area contributed by atoms with Crippen molar-refractivity contribution < 1.29 is 14.3 Å². The molecule has 0 aliphatic carbocycles. The van der Waals surface area contributed by atoms with Crippen LogP contribution in [0.4, 0.5) is 0 Å². The van der Waals surface area contributed by atoms with E-state index < -0.39 is 5.91 Å². The first kappa shape index (κ1) is 14.8. The van der Waals surface area contributed by atoms with E-state index >= 15 is 0 Å². The van der Waals surface area contributed by atoms with E-state index in [1.54, 1.807) is 37.6 Å². The van der Waals surface area contributed by atoms with Gasteiger partial charge in [0.25, 0.3) is 0 Å². The van der Waals surface area contributed by atoms with Gasteiger partial charge in [-0.05, 0) is 35.9 Å². The van der Waals surface area contributed by atoms with Gasteiger partial charge in [-0.25, -0.2) is 0 Å². The molecule has 0 unspecified atom stereocenters. The van der Waals surface area contributed by atoms with Gasteiger partial charge in [-0.3, -0.25) is 9.78 Å². The molecule has 0 fully saturated rings. The van der Waals surface area contributed by atoms with Gasteiger partial charge in [-0.2, -0.15) is 0 Å². The van der Waals surface area contributed by atoms with Gasteiger partial charge in [0.1, 0.15) is 17.2 Å². The summed E-state index contributed by atoms with van der Waals surface area (Å²) in [5.41, 5.74) is 6.86. The molecule has 116 valence electrons. The highest BCUT2D eigenvalue weighted by atomic mass is 16.5. The van der Waals surface area contributed by atoms with Crippen LogP contribution in [0, 0.1) is 0 Å². The summed E-state index contributed by atoms with van der Waals surface area (Å²) in [5.74, 6) is 1.47. The molecule has 0 bridgehead atoms. The molecule has 5 nitrogen and oxygen atoms in total. The molecular weight excluding hydrogens is 292 g/mol. The Hall–Kier alpha value is -3.08. The summed E-state index contributed by atoms with van der Waals surface area (Å²) in [6, 6.07) is 14.8. The monoisotopic (exact) mass is 308 g/mol. The first-order chi connectivity index (χ1) is 11.2. The van der Waals surface area contributed by atoms with Crippen LogP contribution in [0.15, 0.2) is 54.7 Å². The van der Waals surface area contributed by atoms with Crippen LogP contribution in [0.2, 0.25) is 0 Å². The van der Waals surface area contributed by atoms with Crippen molar-refractivity contribution in [2.45, 2.75) is 6.42 Å². The van der Waals surface area contributed by atoms with Crippen LogP contribution in [-0.2, 0) is 11.2 Å². The Bertz CT molecular complexity index is 857. The van der Waals surface area contributed by atoms with Crippen molar-refractivity contribution in [3.8, 4) is 17.2 Å². The van der Waals surface area contributed by atoms with Gasteiger partial charge in [-0.1, -0.05) is 12.1 Å². The van der Waals surface area contributed by atoms with Gasteiger partial charge in [0.15, 0.2) is 0 Å². The number of para-hydroxylation sites is 1. The van der Waals surface area contributed by atoms with E-state index in [0.717, 1.165) is 16.5 Å². The van der Waals surface area contributed by atoms with E-state index in [9.17, 15) is 4.79 Å². The summed E-state index contributed by atoms with van der Waals surface area (Å²) in [7, 11) is 1.56. The molecule has 0 aliphatic heterocycles. The number of nitrogens with two attached hydrogens (primary N) is 1. The van der Waals surface area contributed by atoms with Crippen LogP contribution in [-0.4, -0.2) is 18.0 Å². The zero-order valence-corrected chi connectivity index (χ0v) is 12.7. The number of methoxy groups -OCH3 is 1. The second-order valence-electron chi connectivity index (χ2n) is 5.09. The summed E-state index contributed by atoms with van der Waals surface area (Å²) in [6.07, 6.45) is 1.83. The number of rotatable bonds is 5. The fraction of sp³-hybridized carbons (Fsp3) is 0.111. The maximum Gasteiger partial charge on any atom is 0.221 e. The number of primary amides is 1. The summed E-state index contributed by atoms with van der Waals surface area (Å²) in [5, 5.41) is 0.911. The van der Waals surface area contributed by atoms with Crippen LogP contribution in [0.3, 0.4) is 0 Å². The van der Waals surface area contributed by atoms with Gasteiger partial charge >= 0.3 is 0 Å². The van der Waals surface area contributed by atoms with E-state index in [-0.39, 0.29) is 6.42 Å². The average Bonchev–Trinajstić information content (AvgIpc) is 2.54. The second kappa shape index (κ2) is 6.36. The van der Waals surface area contributed by atoms with E-state index in [2.05, 4.69) is 4.98 Å². The molecule has 2 aromatic carbocycles. The Kier molecular flexibility index (Phi) is 4.10. The Morgan fingerprint density at radius 2 is 1.91 bits per heavy atom. The quantitative estimate of drug-likeness (QED) is 0.786. The van der Waals surface area contributed by atoms with Crippen molar-refractivity contribution in [2.24, 2.45) is 5.73 Å². The number of hydrogen-bond donors (Lipinski definition) is 1. The Morgan fingerprint density at radius 1 is 1.13 bits per heavy atom. The number of benzene rings is 2. The molecular formula is C18H16N2O3. The number of carbonyl (C=O) groups excluding carboxylic acids is 1. The lowest BCUT2D eigenvalue weighted by atomic mass is 10.1. The lowest BCUT2D eigenvalue weighted by molar-refractivity contribution is -0.117. The zero-order valence-electron chi connectivity index (χ0n) is 12.7. The van der Waals surface area contributed by atoms with Crippen molar-refractivity contribution >= 4 is 16.8 Å². The molecule has 23 heavy (non-hydrogen) atoms. The molecule has 0 aliphatic rings. The number of amides is 1. The lowest BCUT2D eigenvalue weighted by Crippen LogP contribution is -2.13. The predicted molar refractivity (Wildman–Crippen MR) is 87.7 cm³/mol. The first-order valence-electron chi connectivity index (χ1n) is 7.13. The van der Waals surface area contributed by atoms with Crippen LogP contribution >= 0.6 is 0 Å². The molecule has 0 atom stereocenters. The smallest absolute Gasteiger partial charge is 0.221 e. The van der Waals surface area contributed by atoms with Gasteiger partial charge in [0, 0.05) is 17.6 Å². The maximum absolute atomic E-state index is 11.1. The average molecular weight is 308 g/mol. The number of nitrogens with zero attached hydrogens (tertiary/aromatic N) is 1. The summed E-state index contributed by atoms with van der Waals surface area (Å²) in [4.78, 5) is 15.5. The van der Waals surface area contributed by atoms with Crippen molar-refractivity contribution in [3.63, 3.8) is 0 Å². The van der Waals surface area contributed by atoms with Gasteiger partial charge in [0.2, 0.25) is 5.91 Å². The Balaban J connectivity index is 1.99. The lowest BCUT2D eigenvalue weighted by Gasteiger charge is -2.11. The molecule has 0 spiro atoms. The molecule has 1 aromatic heterocycles. The fourth-order valence-electron chi connectivity index (χ4n) is 2.40. The van der Waals surface area contributed by atoms with E-state index in [1.807, 2.05) is 24.3 Å². The number of carbonyl (C=O) groups is 1. The Morgan fingerprint density at radius 3 is 2.70 bits per heavy atom. The van der Waals surface area contributed by atoms with Gasteiger partial charge in [-0.15, -0.1) is 0 Å². The van der Waals surface area contributed by atoms with Gasteiger partial charge < -0.3 is 15.2 Å². The summed E-state index contributed by atoms with van der Waals surface area (Å²) in [6.45, 7) is 0. The first-order valence-corrected chi connectivity index (χ1v) is 7.13. The van der Waals surface area contributed by atoms with Crippen molar-refractivity contribution in [1.29, 1.82) is 0 Å². The molecule has 3 rings (SSSR count). The van der Waals surface area contributed by atoms with Crippen LogP contribution < -0.4 is 15.2 Å². The second-order valence-corrected chi connectivity index (χ2v) is 5.09. The standard InChI is InChI=1S/C18H16N2O3/c1-22-13-8-12(10-18(19)21)9-14(11-13)23-17-6-7-20-16-5-3-2-4-15(16)17/h2-9,11H,10H2,1H3,(H2,19,21). The number of fused-ring (bicyclic) bond motifs is 1. The van der Waals surface area contributed by atoms with Crippen LogP contribution in [0.1, 0.15) is 5.56 Å². The van der Waals surface area contributed by atoms with Crippen LogP contribution in [0.25, 0.3) is 10.9 Å². The molecule has 2 N–H and O–H groups in total. The number of hydrogen-bond acceptors (Lipinski definition) is 4. The Labute approximate surface area is 133 Å². The van der Waals surface area contributed by atoms with Crippen LogP contribution in [0.5, 0.6) is 17.2 Å². The number of aromatic nitrogens is 1. The fourth-order valence-corrected chi connectivity index (χ4v) is 2.40. The molecule has 5 heteroatoms. The molecule has 0 saturated carbocycles. The molecule has 3 aromatic rings. The zero-order chi connectivity index (χ0) is 16.2. The summed E-state index contributed by atoms with van der Waals surface area (Å²) < 4.78 is 11.2. The van der Waals surface area contributed by atoms with Crippen molar-refractivity contribution in [1.82, 2.24) is 4.98 Å². The highest BCUT2D eigenvalue weighted by molar-refractivity contribution is 5.85. The molecule has 1 heterocycles. The third kappa shape index (κ3) is 3.40. The van der Waals surface area contributed by atoms with E-state index in [0.29, 0.717) is 17.2 Å². The third-order valence-electron chi connectivity index (χ3n) is 3.39. The van der Waals surface area contributed by atoms with Crippen molar-refractivity contribution in [2.75, 3.05) is 7.11 Å². The predicted octanol–water partition coefficient (Wildman–Crippen LogP) is 3.06. The minimum Gasteiger partial charge on any atom is -0.497 e. The van der Waals surface area contributed by atoms with E-state index in [4.69, 9.17) is 15.2 Å². The van der Waals surface area contributed by atoms with Crippen molar-refractivity contribution in [3.05, 3.63) is 60.3 Å². The van der Waals surface area contributed by atoms with E-state index in [1.165, 1.54) is 0 Å². The largest absolute Gasteiger partial charge is 0.497 e. The van der Waals surface area contributed by atoms with Gasteiger partial charge in [0.05, 0.1) is 19.0 Å². The normalized spacial score (nSPS) is 10.5.